The highest BCUT2D eigenvalue weighted by molar-refractivity contribution is 6.34. The Bertz CT molecular complexity index is 3490. The van der Waals surface area contributed by atoms with Crippen LogP contribution in [0.4, 0.5) is 5.69 Å². The van der Waals surface area contributed by atoms with Gasteiger partial charge in [-0.3, -0.25) is 24.1 Å². The van der Waals surface area contributed by atoms with Gasteiger partial charge in [0, 0.05) is 11.0 Å². The molecule has 1 aromatic heterocycles. The molecule has 3 heterocycles. The number of aromatic nitrogens is 3. The third-order valence-electron chi connectivity index (χ3n) is 14.3. The number of nitrogens with zero attached hydrogens (tertiary/aromatic N) is 5. The number of unbranched alkanes of at least 4 members (excludes halogenated alkanes) is 2. The Morgan fingerprint density at radius 3 is 1.61 bits per heavy atom. The summed E-state index contributed by atoms with van der Waals surface area (Å²) in [6, 6.07) is 29.1. The minimum Gasteiger partial charge on any atom is -0.459 e. The van der Waals surface area contributed by atoms with E-state index >= 15 is 0 Å². The van der Waals surface area contributed by atoms with Gasteiger partial charge in [0.25, 0.3) is 23.6 Å². The van der Waals surface area contributed by atoms with Gasteiger partial charge in [0.2, 0.25) is 0 Å². The smallest absolute Gasteiger partial charge is 0.338 e. The van der Waals surface area contributed by atoms with E-state index in [1.807, 2.05) is 62.4 Å². The van der Waals surface area contributed by atoms with E-state index in [0.29, 0.717) is 50.7 Å². The van der Waals surface area contributed by atoms with Crippen molar-refractivity contribution in [2.45, 2.75) is 110 Å². The first kappa shape index (κ1) is 54.6. The third kappa shape index (κ3) is 10.8. The van der Waals surface area contributed by atoms with Gasteiger partial charge in [-0.15, -0.1) is 13.2 Å². The number of rotatable bonds is 22. The normalized spacial score (nSPS) is 14.3. The molecule has 0 bridgehead atoms. The number of hydrogen-bond donors (Lipinski definition) is 1. The molecule has 2 aliphatic heterocycles. The summed E-state index contributed by atoms with van der Waals surface area (Å²) in [6.45, 7) is 17.4. The topological polar surface area (TPSA) is 206 Å². The molecular weight excluding hydrogens is 983 g/mol. The van der Waals surface area contributed by atoms with Crippen LogP contribution in [0.5, 0.6) is 23.0 Å². The fraction of sp³-hybridized carbons (Fsp3) is 0.300. The van der Waals surface area contributed by atoms with Crippen LogP contribution in [0.3, 0.4) is 0 Å². The number of anilines is 1. The summed E-state index contributed by atoms with van der Waals surface area (Å²) < 4.78 is 19.9. The van der Waals surface area contributed by atoms with Crippen molar-refractivity contribution in [2.24, 2.45) is 0 Å². The van der Waals surface area contributed by atoms with Crippen LogP contribution in [0, 0.1) is 6.92 Å². The predicted molar refractivity (Wildman–Crippen MR) is 290 cm³/mol. The van der Waals surface area contributed by atoms with Crippen LogP contribution in [-0.2, 0) is 29.8 Å². The van der Waals surface area contributed by atoms with E-state index in [1.54, 1.807) is 37.3 Å². The van der Waals surface area contributed by atoms with E-state index in [2.05, 4.69) is 33.9 Å². The molecule has 5 aromatic carbocycles. The number of benzene rings is 5. The SMILES string of the molecule is C=CCn1c(=O)n(CC=C)c(=O)n(CC(O)COC(=O)c2cc(C)cc(N3C(=O)c4ccc(Oc5ccc(C(C)(C)c6ccc(Oc7ccc8c(c7)C(=O)N(C(C)(CC)CCCCC)C8=O)cc6)cc5)cc4C3=O)c2)c1=O. The summed E-state index contributed by atoms with van der Waals surface area (Å²) in [5.41, 5.74) is -0.353. The lowest BCUT2D eigenvalue weighted by atomic mass is 9.78. The molecule has 0 saturated heterocycles. The Morgan fingerprint density at radius 1 is 0.610 bits per heavy atom. The van der Waals surface area contributed by atoms with E-state index < -0.39 is 65.1 Å². The van der Waals surface area contributed by atoms with E-state index in [0.717, 1.165) is 50.8 Å². The van der Waals surface area contributed by atoms with Gasteiger partial charge in [-0.1, -0.05) is 83.4 Å². The summed E-state index contributed by atoms with van der Waals surface area (Å²) in [5.74, 6) is -0.939. The molecule has 17 heteroatoms. The van der Waals surface area contributed by atoms with Crippen LogP contribution in [0.1, 0.15) is 135 Å². The number of aliphatic hydroxyl groups is 1. The van der Waals surface area contributed by atoms with Crippen molar-refractivity contribution in [2.75, 3.05) is 11.5 Å². The minimum absolute atomic E-state index is 0.0411. The summed E-state index contributed by atoms with van der Waals surface area (Å²) in [4.78, 5) is 109. The zero-order valence-electron chi connectivity index (χ0n) is 44.0. The van der Waals surface area contributed by atoms with Crippen molar-refractivity contribution in [1.82, 2.24) is 18.6 Å². The van der Waals surface area contributed by atoms with Crippen molar-refractivity contribution >= 4 is 35.3 Å². The van der Waals surface area contributed by atoms with Crippen molar-refractivity contribution < 1.29 is 43.3 Å². The van der Waals surface area contributed by atoms with Gasteiger partial charge in [-0.2, -0.15) is 0 Å². The molecule has 77 heavy (non-hydrogen) atoms. The number of fused-ring (bicyclic) bond motifs is 2. The highest BCUT2D eigenvalue weighted by atomic mass is 16.5. The van der Waals surface area contributed by atoms with Gasteiger partial charge in [-0.25, -0.2) is 37.8 Å². The Balaban J connectivity index is 0.894. The molecular formula is C60H61N5O12. The van der Waals surface area contributed by atoms with E-state index in [1.165, 1.54) is 41.3 Å². The largest absolute Gasteiger partial charge is 0.459 e. The van der Waals surface area contributed by atoms with Gasteiger partial charge in [-0.05, 0) is 122 Å². The summed E-state index contributed by atoms with van der Waals surface area (Å²) in [5, 5.41) is 10.8. The molecule has 0 aliphatic carbocycles. The quantitative estimate of drug-likeness (QED) is 0.0293. The lowest BCUT2D eigenvalue weighted by Gasteiger charge is -2.36. The molecule has 0 spiro atoms. The second-order valence-electron chi connectivity index (χ2n) is 20.1. The average Bonchev–Trinajstić information content (AvgIpc) is 3.87. The molecule has 6 aromatic rings. The summed E-state index contributed by atoms with van der Waals surface area (Å²) in [6.07, 6.45) is 5.50. The van der Waals surface area contributed by atoms with E-state index in [4.69, 9.17) is 14.2 Å². The summed E-state index contributed by atoms with van der Waals surface area (Å²) in [7, 11) is 0. The highest BCUT2D eigenvalue weighted by Crippen LogP contribution is 2.39. The fourth-order valence-electron chi connectivity index (χ4n) is 9.75. The zero-order chi connectivity index (χ0) is 55.5. The van der Waals surface area contributed by atoms with Gasteiger partial charge in [0.1, 0.15) is 35.7 Å². The number of aliphatic hydroxyl groups excluding tert-OH is 1. The Kier molecular flexibility index (Phi) is 15.8. The van der Waals surface area contributed by atoms with Gasteiger partial charge < -0.3 is 19.3 Å². The number of imide groups is 2. The first-order chi connectivity index (χ1) is 36.7. The average molecular weight is 1040 g/mol. The maximum atomic E-state index is 13.9. The molecule has 17 nitrogen and oxygen atoms in total. The highest BCUT2D eigenvalue weighted by Gasteiger charge is 2.45. The van der Waals surface area contributed by atoms with Crippen LogP contribution in [0.2, 0.25) is 0 Å². The molecule has 0 radical (unpaired) electrons. The van der Waals surface area contributed by atoms with E-state index in [9.17, 15) is 43.5 Å². The zero-order valence-corrected chi connectivity index (χ0v) is 44.0. The van der Waals surface area contributed by atoms with Crippen LogP contribution < -0.4 is 31.4 Å². The number of amides is 4. The van der Waals surface area contributed by atoms with Crippen LogP contribution >= 0.6 is 0 Å². The monoisotopic (exact) mass is 1040 g/mol. The maximum Gasteiger partial charge on any atom is 0.338 e. The Labute approximate surface area is 444 Å². The van der Waals surface area contributed by atoms with Crippen molar-refractivity contribution in [3.8, 4) is 23.0 Å². The van der Waals surface area contributed by atoms with Crippen LogP contribution in [0.15, 0.2) is 143 Å². The predicted octanol–water partition coefficient (Wildman–Crippen LogP) is 9.13. The number of carbonyl (C=O) groups excluding carboxylic acids is 5. The number of ether oxygens (including phenoxy) is 3. The second-order valence-corrected chi connectivity index (χ2v) is 20.1. The number of allylic oxidation sites excluding steroid dienone is 2. The van der Waals surface area contributed by atoms with E-state index in [-0.39, 0.29) is 47.3 Å². The molecule has 2 unspecified atom stereocenters. The number of aryl methyl sites for hydroxylation is 1. The first-order valence-corrected chi connectivity index (χ1v) is 25.5. The van der Waals surface area contributed by atoms with Crippen molar-refractivity contribution in [3.05, 3.63) is 204 Å². The van der Waals surface area contributed by atoms with Crippen molar-refractivity contribution in [1.29, 1.82) is 0 Å². The second kappa shape index (κ2) is 22.3. The number of hydrogen-bond acceptors (Lipinski definition) is 12. The first-order valence-electron chi connectivity index (χ1n) is 25.5. The molecule has 4 amide bonds. The molecule has 398 valence electrons. The van der Waals surface area contributed by atoms with Gasteiger partial charge in [0.15, 0.2) is 0 Å². The molecule has 0 fully saturated rings. The Morgan fingerprint density at radius 2 is 1.09 bits per heavy atom. The molecule has 2 aliphatic rings. The fourth-order valence-corrected chi connectivity index (χ4v) is 9.75. The Hall–Kier alpha value is -8.70. The maximum absolute atomic E-state index is 13.9. The standard InChI is InChI=1S/C60H61N5O12/c1-9-13-14-27-60(8,12-4)65-53(69)48-26-24-46(34-50(48)54(65)70)77-44-21-17-40(18-22-44)59(6,7)39-15-19-43(20-16-39)76-45-23-25-47-49(33-45)52(68)64(51(47)67)41-31-37(5)30-38(32-41)55(71)75-36-42(66)35-63-57(73)61(28-10-2)56(72)62(29-11-3)58(63)74/h10-11,15-26,30-34,42,66H,2-3,9,12-14,27-29,35-36H2,1,4-8H3. The molecule has 8 rings (SSSR count). The van der Waals surface area contributed by atoms with Crippen LogP contribution in [0.25, 0.3) is 0 Å². The lowest BCUT2D eigenvalue weighted by Crippen LogP contribution is -2.55. The lowest BCUT2D eigenvalue weighted by molar-refractivity contribution is 0.0208. The van der Waals surface area contributed by atoms with Gasteiger partial charge in [0.05, 0.1) is 53.1 Å². The number of carbonyl (C=O) groups is 5. The molecule has 2 atom stereocenters. The molecule has 0 saturated carbocycles. The minimum atomic E-state index is -1.55. The van der Waals surface area contributed by atoms with Crippen LogP contribution in [-0.4, -0.2) is 71.6 Å². The number of esters is 1. The van der Waals surface area contributed by atoms with Gasteiger partial charge >= 0.3 is 23.0 Å². The van der Waals surface area contributed by atoms with Crippen molar-refractivity contribution in [3.63, 3.8) is 0 Å². The summed E-state index contributed by atoms with van der Waals surface area (Å²) >= 11 is 0. The third-order valence-corrected chi connectivity index (χ3v) is 14.3. The molecule has 1 N–H and O–H groups in total.